The second-order valence-electron chi connectivity index (χ2n) is 3.45. The molecule has 0 aliphatic rings. The Kier molecular flexibility index (Phi) is 4.80. The van der Waals surface area contributed by atoms with Crippen LogP contribution in [0.3, 0.4) is 0 Å². The Morgan fingerprint density at radius 3 is 2.88 bits per heavy atom. The molecule has 17 heavy (non-hydrogen) atoms. The van der Waals surface area contributed by atoms with E-state index in [4.69, 9.17) is 11.6 Å². The van der Waals surface area contributed by atoms with Crippen molar-refractivity contribution in [2.75, 3.05) is 0 Å². The maximum absolute atomic E-state index is 6.10. The van der Waals surface area contributed by atoms with Gasteiger partial charge in [0.1, 0.15) is 10.0 Å². The number of benzene rings is 1. The van der Waals surface area contributed by atoms with E-state index in [0.717, 1.165) is 30.6 Å². The molecule has 2 aromatic rings. The highest BCUT2D eigenvalue weighted by Gasteiger charge is 2.13. The van der Waals surface area contributed by atoms with Crippen molar-refractivity contribution < 1.29 is 0 Å². The molecule has 90 valence electrons. The van der Waals surface area contributed by atoms with Crippen molar-refractivity contribution in [1.29, 1.82) is 0 Å². The van der Waals surface area contributed by atoms with Gasteiger partial charge >= 0.3 is 0 Å². The lowest BCUT2D eigenvalue weighted by Crippen LogP contribution is -1.84. The minimum atomic E-state index is 0.285. The molecule has 6 heteroatoms. The van der Waals surface area contributed by atoms with Crippen molar-refractivity contribution >= 4 is 61.5 Å². The summed E-state index contributed by atoms with van der Waals surface area (Å²) >= 11 is 13.5. The quantitative estimate of drug-likeness (QED) is 0.475. The lowest BCUT2D eigenvalue weighted by molar-refractivity contribution is 0.870. The first kappa shape index (κ1) is 13.7. The predicted octanol–water partition coefficient (Wildman–Crippen LogP) is 5.31. The molecule has 0 bridgehead atoms. The van der Waals surface area contributed by atoms with E-state index in [-0.39, 0.29) is 4.83 Å². The molecule has 0 aliphatic heterocycles. The van der Waals surface area contributed by atoms with Crippen molar-refractivity contribution in [3.63, 3.8) is 0 Å². The number of aromatic nitrogens is 2. The smallest absolute Gasteiger partial charge is 0.142 e. The second kappa shape index (κ2) is 5.95. The Bertz CT molecular complexity index is 532. The van der Waals surface area contributed by atoms with Crippen molar-refractivity contribution in [2.24, 2.45) is 0 Å². The maximum atomic E-state index is 6.10. The molecule has 1 unspecified atom stereocenters. The van der Waals surface area contributed by atoms with E-state index >= 15 is 0 Å². The van der Waals surface area contributed by atoms with Gasteiger partial charge in [-0.2, -0.15) is 0 Å². The number of hydrogen-bond acceptors (Lipinski definition) is 3. The van der Waals surface area contributed by atoms with Crippen LogP contribution in [0.4, 0.5) is 0 Å². The third kappa shape index (κ3) is 3.19. The Morgan fingerprint density at radius 1 is 1.47 bits per heavy atom. The van der Waals surface area contributed by atoms with E-state index in [1.54, 1.807) is 11.3 Å². The van der Waals surface area contributed by atoms with Crippen molar-refractivity contribution in [3.8, 4) is 10.6 Å². The lowest BCUT2D eigenvalue weighted by Gasteiger charge is -1.99. The molecule has 1 heterocycles. The van der Waals surface area contributed by atoms with Gasteiger partial charge in [-0.15, -0.1) is 10.2 Å². The minimum absolute atomic E-state index is 0.285. The molecule has 0 radical (unpaired) electrons. The van der Waals surface area contributed by atoms with Crippen molar-refractivity contribution in [3.05, 3.63) is 31.8 Å². The zero-order chi connectivity index (χ0) is 12.4. The van der Waals surface area contributed by atoms with E-state index in [0.29, 0.717) is 0 Å². The first-order chi connectivity index (χ1) is 8.11. The van der Waals surface area contributed by atoms with Crippen LogP contribution in [0, 0.1) is 3.57 Å². The molecule has 0 aliphatic carbocycles. The molecular weight excluding hydrogens is 434 g/mol. The molecule has 0 fully saturated rings. The van der Waals surface area contributed by atoms with Crippen LogP contribution in [0.1, 0.15) is 23.2 Å². The average molecular weight is 444 g/mol. The summed E-state index contributed by atoms with van der Waals surface area (Å²) in [5.74, 6) is 0. The number of nitrogens with zero attached hydrogens (tertiary/aromatic N) is 2. The minimum Gasteiger partial charge on any atom is -0.142 e. The molecule has 1 aromatic heterocycles. The monoisotopic (exact) mass is 442 g/mol. The number of hydrogen-bond donors (Lipinski definition) is 0. The third-order valence-electron chi connectivity index (χ3n) is 2.23. The molecule has 0 spiro atoms. The highest BCUT2D eigenvalue weighted by atomic mass is 127. The maximum Gasteiger partial charge on any atom is 0.147 e. The molecule has 2 rings (SSSR count). The first-order valence-corrected chi connectivity index (χ1v) is 8.23. The van der Waals surface area contributed by atoms with Crippen LogP contribution < -0.4 is 0 Å². The zero-order valence-corrected chi connectivity index (χ0v) is 14.3. The predicted molar refractivity (Wildman–Crippen MR) is 85.0 cm³/mol. The summed E-state index contributed by atoms with van der Waals surface area (Å²) in [6.45, 7) is 2.11. The van der Waals surface area contributed by atoms with Gasteiger partial charge in [0.2, 0.25) is 0 Å². The van der Waals surface area contributed by atoms with Crippen molar-refractivity contribution in [1.82, 2.24) is 10.2 Å². The van der Waals surface area contributed by atoms with Gasteiger partial charge in [0.25, 0.3) is 0 Å². The molecule has 2 nitrogen and oxygen atoms in total. The van der Waals surface area contributed by atoms with Gasteiger partial charge in [0.05, 0.1) is 9.85 Å². The standard InChI is InChI=1S/C11H9BrClIN2S/c1-2-7(12)11-16-15-10(17-11)6-3-4-9(14)8(13)5-6/h3-5,7H,2H2,1H3. The van der Waals surface area contributed by atoms with Crippen LogP contribution in [0.25, 0.3) is 10.6 Å². The van der Waals surface area contributed by atoms with E-state index in [9.17, 15) is 0 Å². The summed E-state index contributed by atoms with van der Waals surface area (Å²) in [6, 6.07) is 5.95. The third-order valence-corrected chi connectivity index (χ3v) is 6.28. The Labute approximate surface area is 131 Å². The summed E-state index contributed by atoms with van der Waals surface area (Å²) < 4.78 is 1.05. The van der Waals surface area contributed by atoms with Crippen LogP contribution >= 0.6 is 61.5 Å². The van der Waals surface area contributed by atoms with Crippen LogP contribution in [0.2, 0.25) is 5.02 Å². The average Bonchev–Trinajstić information content (AvgIpc) is 2.81. The highest BCUT2D eigenvalue weighted by Crippen LogP contribution is 2.34. The van der Waals surface area contributed by atoms with E-state index in [1.807, 2.05) is 18.2 Å². The first-order valence-electron chi connectivity index (χ1n) is 5.04. The van der Waals surface area contributed by atoms with Crippen LogP contribution in [0.15, 0.2) is 18.2 Å². The van der Waals surface area contributed by atoms with Crippen LogP contribution in [-0.4, -0.2) is 10.2 Å². The van der Waals surface area contributed by atoms with Gasteiger partial charge in [0.15, 0.2) is 0 Å². The molecule has 0 saturated heterocycles. The number of halogens is 3. The Morgan fingerprint density at radius 2 is 2.24 bits per heavy atom. The van der Waals surface area contributed by atoms with E-state index in [2.05, 4.69) is 55.6 Å². The van der Waals surface area contributed by atoms with Gasteiger partial charge in [-0.25, -0.2) is 0 Å². The molecule has 0 N–H and O–H groups in total. The zero-order valence-electron chi connectivity index (χ0n) is 8.95. The molecule has 1 aromatic carbocycles. The lowest BCUT2D eigenvalue weighted by atomic mass is 10.2. The van der Waals surface area contributed by atoms with Gasteiger partial charge in [-0.05, 0) is 41.1 Å². The Hall–Kier alpha value is 0.280. The number of alkyl halides is 1. The number of rotatable bonds is 3. The fraction of sp³-hybridized carbons (Fsp3) is 0.273. The summed E-state index contributed by atoms with van der Waals surface area (Å²) in [7, 11) is 0. The van der Waals surface area contributed by atoms with Crippen molar-refractivity contribution in [2.45, 2.75) is 18.2 Å². The second-order valence-corrected chi connectivity index (χ2v) is 7.13. The molecule has 1 atom stereocenters. The summed E-state index contributed by atoms with van der Waals surface area (Å²) in [6.07, 6.45) is 1.00. The van der Waals surface area contributed by atoms with Crippen LogP contribution in [-0.2, 0) is 0 Å². The van der Waals surface area contributed by atoms with Gasteiger partial charge in [0, 0.05) is 9.13 Å². The van der Waals surface area contributed by atoms with Gasteiger partial charge in [-0.1, -0.05) is 51.9 Å². The largest absolute Gasteiger partial charge is 0.147 e. The summed E-state index contributed by atoms with van der Waals surface area (Å²) in [5.41, 5.74) is 1.02. The molecule has 0 saturated carbocycles. The molecule has 0 amide bonds. The van der Waals surface area contributed by atoms with Crippen LogP contribution in [0.5, 0.6) is 0 Å². The Balaban J connectivity index is 2.33. The van der Waals surface area contributed by atoms with Gasteiger partial charge < -0.3 is 0 Å². The fourth-order valence-electron chi connectivity index (χ4n) is 1.28. The SMILES string of the molecule is CCC(Br)c1nnc(-c2ccc(I)c(Cl)c2)s1. The normalized spacial score (nSPS) is 12.7. The fourth-order valence-corrected chi connectivity index (χ4v) is 3.07. The summed E-state index contributed by atoms with van der Waals surface area (Å²) in [5, 5.41) is 11.1. The topological polar surface area (TPSA) is 25.8 Å². The van der Waals surface area contributed by atoms with E-state index < -0.39 is 0 Å². The highest BCUT2D eigenvalue weighted by molar-refractivity contribution is 14.1. The molecular formula is C11H9BrClIN2S. The summed E-state index contributed by atoms with van der Waals surface area (Å²) in [4.78, 5) is 0.285. The van der Waals surface area contributed by atoms with Gasteiger partial charge in [-0.3, -0.25) is 0 Å². The van der Waals surface area contributed by atoms with E-state index in [1.165, 1.54) is 0 Å².